The molecule has 2 aromatic heterocycles. The zero-order valence-electron chi connectivity index (χ0n) is 16.5. The first kappa shape index (κ1) is 18.5. The molecule has 3 aliphatic rings. The van der Waals surface area contributed by atoms with Crippen LogP contribution in [0.2, 0.25) is 5.28 Å². The molecule has 2 aliphatic heterocycles. The molecule has 28 heavy (non-hydrogen) atoms. The smallest absolute Gasteiger partial charge is 0.226 e. The molecular weight excluding hydrogens is 378 g/mol. The van der Waals surface area contributed by atoms with Crippen LogP contribution >= 0.6 is 11.6 Å². The van der Waals surface area contributed by atoms with E-state index in [0.717, 1.165) is 61.6 Å². The highest BCUT2D eigenvalue weighted by molar-refractivity contribution is 6.28. The maximum Gasteiger partial charge on any atom is 0.226 e. The SMILES string of the molecule is Cn1c(CN2CCN(C3CCC3)CC2)nc2c(N3CCOCC3)nc(Cl)nc21. The molecule has 0 unspecified atom stereocenters. The lowest BCUT2D eigenvalue weighted by molar-refractivity contribution is 0.0574. The summed E-state index contributed by atoms with van der Waals surface area (Å²) in [5.74, 6) is 1.85. The summed E-state index contributed by atoms with van der Waals surface area (Å²) < 4.78 is 7.55. The van der Waals surface area contributed by atoms with Crippen molar-refractivity contribution in [3.8, 4) is 0 Å². The Morgan fingerprint density at radius 3 is 2.43 bits per heavy atom. The largest absolute Gasteiger partial charge is 0.378 e. The number of aromatic nitrogens is 4. The van der Waals surface area contributed by atoms with Gasteiger partial charge >= 0.3 is 0 Å². The van der Waals surface area contributed by atoms with Gasteiger partial charge in [-0.25, -0.2) is 4.98 Å². The molecule has 1 saturated carbocycles. The zero-order chi connectivity index (χ0) is 19.1. The monoisotopic (exact) mass is 405 g/mol. The normalized spacial score (nSPS) is 22.7. The minimum Gasteiger partial charge on any atom is -0.378 e. The van der Waals surface area contributed by atoms with Crippen LogP contribution in [0, 0.1) is 0 Å². The van der Waals surface area contributed by atoms with Gasteiger partial charge in [0.05, 0.1) is 19.8 Å². The first-order valence-electron chi connectivity index (χ1n) is 10.4. The van der Waals surface area contributed by atoms with Crippen LogP contribution in [0.4, 0.5) is 5.82 Å². The van der Waals surface area contributed by atoms with Gasteiger partial charge in [-0.15, -0.1) is 0 Å². The Morgan fingerprint density at radius 1 is 1.00 bits per heavy atom. The molecule has 152 valence electrons. The topological polar surface area (TPSA) is 62.5 Å². The van der Waals surface area contributed by atoms with Crippen LogP contribution in [-0.4, -0.2) is 87.8 Å². The molecule has 0 aromatic carbocycles. The highest BCUT2D eigenvalue weighted by Crippen LogP contribution is 2.28. The van der Waals surface area contributed by atoms with Crippen molar-refractivity contribution >= 4 is 28.6 Å². The van der Waals surface area contributed by atoms with E-state index in [2.05, 4.69) is 29.2 Å². The average Bonchev–Trinajstić information content (AvgIpc) is 2.98. The molecule has 0 N–H and O–H groups in total. The van der Waals surface area contributed by atoms with E-state index in [9.17, 15) is 0 Å². The maximum atomic E-state index is 6.24. The van der Waals surface area contributed by atoms with Crippen molar-refractivity contribution in [1.29, 1.82) is 0 Å². The molecule has 2 aromatic rings. The predicted octanol–water partition coefficient (Wildman–Crippen LogP) is 1.52. The van der Waals surface area contributed by atoms with E-state index >= 15 is 0 Å². The lowest BCUT2D eigenvalue weighted by Crippen LogP contribution is -2.51. The number of hydrogen-bond acceptors (Lipinski definition) is 7. The van der Waals surface area contributed by atoms with E-state index < -0.39 is 0 Å². The lowest BCUT2D eigenvalue weighted by Gasteiger charge is -2.42. The molecular formula is C19H28ClN7O. The fourth-order valence-electron chi connectivity index (χ4n) is 4.44. The number of imidazole rings is 1. The van der Waals surface area contributed by atoms with Gasteiger partial charge in [0.25, 0.3) is 0 Å². The molecule has 1 aliphatic carbocycles. The van der Waals surface area contributed by atoms with Gasteiger partial charge in [-0.3, -0.25) is 9.80 Å². The second kappa shape index (κ2) is 7.74. The Balaban J connectivity index is 1.35. The van der Waals surface area contributed by atoms with Crippen molar-refractivity contribution in [3.63, 3.8) is 0 Å². The Kier molecular flexibility index (Phi) is 5.13. The van der Waals surface area contributed by atoms with Gasteiger partial charge in [0, 0.05) is 52.4 Å². The Labute approximate surface area is 170 Å². The first-order chi connectivity index (χ1) is 13.7. The van der Waals surface area contributed by atoms with Crippen LogP contribution in [0.25, 0.3) is 11.2 Å². The van der Waals surface area contributed by atoms with Crippen LogP contribution in [0.15, 0.2) is 0 Å². The summed E-state index contributed by atoms with van der Waals surface area (Å²) in [6.07, 6.45) is 4.17. The fraction of sp³-hybridized carbons (Fsp3) is 0.737. The van der Waals surface area contributed by atoms with E-state index in [1.165, 1.54) is 32.4 Å². The second-order valence-electron chi connectivity index (χ2n) is 8.07. The van der Waals surface area contributed by atoms with Crippen molar-refractivity contribution < 1.29 is 4.74 Å². The predicted molar refractivity (Wildman–Crippen MR) is 109 cm³/mol. The number of aryl methyl sites for hydroxylation is 1. The summed E-state index contributed by atoms with van der Waals surface area (Å²) in [5.41, 5.74) is 1.65. The molecule has 3 fully saturated rings. The van der Waals surface area contributed by atoms with E-state index in [1.54, 1.807) is 0 Å². The third kappa shape index (κ3) is 3.47. The summed E-state index contributed by atoms with van der Waals surface area (Å²) >= 11 is 6.24. The fourth-order valence-corrected chi connectivity index (χ4v) is 4.60. The minimum atomic E-state index is 0.276. The third-order valence-corrected chi connectivity index (χ3v) is 6.61. The van der Waals surface area contributed by atoms with E-state index in [1.807, 2.05) is 7.05 Å². The summed E-state index contributed by atoms with van der Waals surface area (Å²) in [4.78, 5) is 21.3. The molecule has 9 heteroatoms. The third-order valence-electron chi connectivity index (χ3n) is 6.44. The summed E-state index contributed by atoms with van der Waals surface area (Å²) in [7, 11) is 2.03. The number of fused-ring (bicyclic) bond motifs is 1. The van der Waals surface area contributed by atoms with Gasteiger partial charge in [-0.2, -0.15) is 9.97 Å². The maximum absolute atomic E-state index is 6.24. The number of halogens is 1. The molecule has 0 bridgehead atoms. The number of anilines is 1. The Bertz CT molecular complexity index is 838. The van der Waals surface area contributed by atoms with Gasteiger partial charge < -0.3 is 14.2 Å². The van der Waals surface area contributed by atoms with Crippen LogP contribution < -0.4 is 4.90 Å². The minimum absolute atomic E-state index is 0.276. The second-order valence-corrected chi connectivity index (χ2v) is 8.41. The van der Waals surface area contributed by atoms with Crippen molar-refractivity contribution in [2.24, 2.45) is 7.05 Å². The quantitative estimate of drug-likeness (QED) is 0.714. The Morgan fingerprint density at radius 2 is 1.75 bits per heavy atom. The summed E-state index contributed by atoms with van der Waals surface area (Å²) in [6.45, 7) is 8.38. The van der Waals surface area contributed by atoms with Crippen molar-refractivity contribution in [2.75, 3.05) is 57.4 Å². The standard InChI is InChI=1S/C19H28ClN7O/c1-24-15(13-25-5-7-26(8-6-25)14-3-2-4-14)21-16-17(24)22-19(20)23-18(16)27-9-11-28-12-10-27/h14H,2-13H2,1H3. The van der Waals surface area contributed by atoms with Gasteiger partial charge in [-0.1, -0.05) is 6.42 Å². The van der Waals surface area contributed by atoms with E-state index in [-0.39, 0.29) is 5.28 Å². The first-order valence-corrected chi connectivity index (χ1v) is 10.7. The highest BCUT2D eigenvalue weighted by atomic mass is 35.5. The number of rotatable bonds is 4. The van der Waals surface area contributed by atoms with Crippen molar-refractivity contribution in [1.82, 2.24) is 29.3 Å². The molecule has 0 radical (unpaired) electrons. The number of morpholine rings is 1. The van der Waals surface area contributed by atoms with Gasteiger partial charge in [0.1, 0.15) is 5.82 Å². The van der Waals surface area contributed by atoms with Gasteiger partial charge in [0.15, 0.2) is 17.0 Å². The number of hydrogen-bond donors (Lipinski definition) is 0. The Hall–Kier alpha value is -1.48. The average molecular weight is 406 g/mol. The van der Waals surface area contributed by atoms with Crippen molar-refractivity contribution in [3.05, 3.63) is 11.1 Å². The van der Waals surface area contributed by atoms with E-state index in [4.69, 9.17) is 21.3 Å². The summed E-state index contributed by atoms with van der Waals surface area (Å²) in [5, 5.41) is 0.276. The molecule has 8 nitrogen and oxygen atoms in total. The zero-order valence-corrected chi connectivity index (χ0v) is 17.2. The van der Waals surface area contributed by atoms with Gasteiger partial charge in [-0.05, 0) is 24.4 Å². The van der Waals surface area contributed by atoms with Crippen LogP contribution in [0.1, 0.15) is 25.1 Å². The van der Waals surface area contributed by atoms with Crippen LogP contribution in [0.5, 0.6) is 0 Å². The number of piperazine rings is 1. The van der Waals surface area contributed by atoms with E-state index in [0.29, 0.717) is 13.2 Å². The molecule has 0 amide bonds. The van der Waals surface area contributed by atoms with Gasteiger partial charge in [0.2, 0.25) is 5.28 Å². The van der Waals surface area contributed by atoms with Crippen molar-refractivity contribution in [2.45, 2.75) is 31.8 Å². The number of ether oxygens (including phenoxy) is 1. The van der Waals surface area contributed by atoms with Crippen LogP contribution in [-0.2, 0) is 18.3 Å². The molecule has 0 spiro atoms. The van der Waals surface area contributed by atoms with Crippen LogP contribution in [0.3, 0.4) is 0 Å². The molecule has 2 saturated heterocycles. The molecule has 0 atom stereocenters. The molecule has 4 heterocycles. The lowest BCUT2D eigenvalue weighted by atomic mass is 9.91. The molecule has 5 rings (SSSR count). The number of nitrogens with zero attached hydrogens (tertiary/aromatic N) is 7. The summed E-state index contributed by atoms with van der Waals surface area (Å²) in [6, 6.07) is 0.839. The highest BCUT2D eigenvalue weighted by Gasteiger charge is 2.29.